The Morgan fingerprint density at radius 1 is 1.07 bits per heavy atom. The van der Waals surface area contributed by atoms with Gasteiger partial charge < -0.3 is 43.9 Å². The van der Waals surface area contributed by atoms with Crippen molar-refractivity contribution in [1.29, 1.82) is 0 Å². The van der Waals surface area contributed by atoms with E-state index in [2.05, 4.69) is 30.8 Å². The molecule has 0 aromatic carbocycles. The standard InChI is InChI=1S/C32H61N3O7/c1-20-16-32(6,39-11)28(42-29-26(36)24(33(7)8)15-21(2)41-29)22(3)27(37)31(4,5)30(38)40-19-25(35(10)17-20)23-13-12-14-34(9)18-23/h20-26,28-30,36,38H,12-19H2,1-11H3/t20-,21-,22+,23-,24+,25+,26-,28-,29+,30?,32-/m1/s1. The summed E-state index contributed by atoms with van der Waals surface area (Å²) >= 11 is 0. The molecule has 3 aliphatic rings. The second-order valence-corrected chi connectivity index (χ2v) is 14.7. The van der Waals surface area contributed by atoms with E-state index in [1.54, 1.807) is 21.0 Å². The Kier molecular flexibility index (Phi) is 12.4. The second-order valence-electron chi connectivity index (χ2n) is 14.7. The molecule has 0 aliphatic carbocycles. The smallest absolute Gasteiger partial charge is 0.185 e. The average molecular weight is 600 g/mol. The van der Waals surface area contributed by atoms with E-state index >= 15 is 0 Å². The molecule has 10 heteroatoms. The Morgan fingerprint density at radius 3 is 2.33 bits per heavy atom. The molecule has 0 saturated carbocycles. The Morgan fingerprint density at radius 2 is 1.74 bits per heavy atom. The molecule has 3 fully saturated rings. The van der Waals surface area contributed by atoms with E-state index < -0.39 is 41.7 Å². The largest absolute Gasteiger partial charge is 0.386 e. The number of Topliss-reactive ketones (excluding diaryl/α,β-unsaturated/α-hetero) is 1. The normalized spacial score (nSPS) is 43.9. The highest BCUT2D eigenvalue weighted by atomic mass is 16.7. The minimum atomic E-state index is -1.29. The molecule has 2 N–H and O–H groups in total. The van der Waals surface area contributed by atoms with Crippen molar-refractivity contribution in [3.8, 4) is 0 Å². The number of ketones is 1. The summed E-state index contributed by atoms with van der Waals surface area (Å²) in [5, 5.41) is 22.6. The number of nitrogens with zero attached hydrogens (tertiary/aromatic N) is 3. The fourth-order valence-electron chi connectivity index (χ4n) is 7.68. The first-order chi connectivity index (χ1) is 19.5. The molecule has 246 valence electrons. The lowest BCUT2D eigenvalue weighted by atomic mass is 9.74. The van der Waals surface area contributed by atoms with E-state index in [9.17, 15) is 15.0 Å². The van der Waals surface area contributed by atoms with Gasteiger partial charge in [0, 0.05) is 38.2 Å². The van der Waals surface area contributed by atoms with Gasteiger partial charge in [0.05, 0.1) is 29.8 Å². The van der Waals surface area contributed by atoms with Crippen LogP contribution in [0.3, 0.4) is 0 Å². The van der Waals surface area contributed by atoms with Crippen LogP contribution in [0.5, 0.6) is 0 Å². The predicted molar refractivity (Wildman–Crippen MR) is 163 cm³/mol. The SMILES string of the molecule is CO[C@]1(C)C[C@@H](C)CN(C)[C@H]([C@@H]2CCCN(C)C2)COC(O)C(C)(C)C(=O)[C@H](C)[C@H]1O[C@@H]1O[C@H](C)C[C@H](N(C)C)[C@H]1O. The van der Waals surface area contributed by atoms with Crippen LogP contribution in [0, 0.1) is 23.2 Å². The van der Waals surface area contributed by atoms with Crippen LogP contribution in [0.25, 0.3) is 0 Å². The highest BCUT2D eigenvalue weighted by Gasteiger charge is 2.51. The summed E-state index contributed by atoms with van der Waals surface area (Å²) in [4.78, 5) is 20.9. The Hall–Kier alpha value is -0.690. The van der Waals surface area contributed by atoms with E-state index in [-0.39, 0.29) is 29.9 Å². The van der Waals surface area contributed by atoms with E-state index in [1.165, 1.54) is 0 Å². The van der Waals surface area contributed by atoms with E-state index in [4.69, 9.17) is 18.9 Å². The molecule has 0 bridgehead atoms. The van der Waals surface area contributed by atoms with E-state index in [0.717, 1.165) is 32.5 Å². The third-order valence-electron chi connectivity index (χ3n) is 10.3. The van der Waals surface area contributed by atoms with Crippen LogP contribution in [-0.4, -0.2) is 141 Å². The molecule has 0 radical (unpaired) electrons. The fraction of sp³-hybridized carbons (Fsp3) is 0.969. The Bertz CT molecular complexity index is 875. The summed E-state index contributed by atoms with van der Waals surface area (Å²) in [7, 11) is 9.83. The molecule has 3 saturated heterocycles. The summed E-state index contributed by atoms with van der Waals surface area (Å²) in [6, 6.07) is -0.0478. The van der Waals surface area contributed by atoms with Crippen LogP contribution in [0.1, 0.15) is 67.2 Å². The zero-order valence-electron chi connectivity index (χ0n) is 28.2. The molecule has 3 rings (SSSR count). The minimum absolute atomic E-state index is 0.102. The van der Waals surface area contributed by atoms with Crippen LogP contribution in [-0.2, 0) is 23.7 Å². The number of likely N-dealkylation sites (tertiary alicyclic amines) is 1. The molecule has 0 amide bonds. The zero-order valence-corrected chi connectivity index (χ0v) is 28.2. The molecule has 0 spiro atoms. The van der Waals surface area contributed by atoms with Gasteiger partial charge in [-0.15, -0.1) is 0 Å². The fourth-order valence-corrected chi connectivity index (χ4v) is 7.68. The number of likely N-dealkylation sites (N-methyl/N-ethyl adjacent to an activating group) is 2. The molecule has 1 unspecified atom stereocenters. The predicted octanol–water partition coefficient (Wildman–Crippen LogP) is 2.45. The topological polar surface area (TPSA) is 104 Å². The molecule has 3 aliphatic heterocycles. The van der Waals surface area contributed by atoms with Gasteiger partial charge >= 0.3 is 0 Å². The molecular formula is C32H61N3O7. The number of hydrogen-bond donors (Lipinski definition) is 2. The summed E-state index contributed by atoms with van der Waals surface area (Å²) in [6.45, 7) is 14.7. The average Bonchev–Trinajstić information content (AvgIpc) is 2.91. The van der Waals surface area contributed by atoms with Crippen LogP contribution < -0.4 is 0 Å². The summed E-state index contributed by atoms with van der Waals surface area (Å²) in [5.74, 6) is -0.263. The number of rotatable bonds is 5. The van der Waals surface area contributed by atoms with Crippen molar-refractivity contribution in [2.45, 2.75) is 116 Å². The molecule has 42 heavy (non-hydrogen) atoms. The van der Waals surface area contributed by atoms with Crippen molar-refractivity contribution < 1.29 is 34.0 Å². The van der Waals surface area contributed by atoms with Crippen molar-refractivity contribution >= 4 is 5.78 Å². The van der Waals surface area contributed by atoms with Gasteiger partial charge in [0.15, 0.2) is 12.6 Å². The second kappa shape index (κ2) is 14.6. The van der Waals surface area contributed by atoms with Crippen molar-refractivity contribution in [3.05, 3.63) is 0 Å². The van der Waals surface area contributed by atoms with Gasteiger partial charge in [-0.05, 0) is 99.9 Å². The molecule has 0 aromatic heterocycles. The van der Waals surface area contributed by atoms with Crippen LogP contribution in [0.2, 0.25) is 0 Å². The number of ether oxygens (including phenoxy) is 4. The zero-order chi connectivity index (χ0) is 31.6. The van der Waals surface area contributed by atoms with Gasteiger partial charge in [-0.25, -0.2) is 0 Å². The summed E-state index contributed by atoms with van der Waals surface area (Å²) in [5.41, 5.74) is -2.07. The number of carbonyl (C=O) groups excluding carboxylic acids is 1. The molecular weight excluding hydrogens is 538 g/mol. The van der Waals surface area contributed by atoms with Crippen molar-refractivity contribution in [1.82, 2.24) is 14.7 Å². The van der Waals surface area contributed by atoms with Crippen LogP contribution in [0.15, 0.2) is 0 Å². The quantitative estimate of drug-likeness (QED) is 0.490. The third-order valence-corrected chi connectivity index (χ3v) is 10.3. The van der Waals surface area contributed by atoms with Gasteiger partial charge in [-0.3, -0.25) is 4.79 Å². The van der Waals surface area contributed by atoms with Gasteiger partial charge in [0.25, 0.3) is 0 Å². The highest BCUT2D eigenvalue weighted by molar-refractivity contribution is 5.87. The number of methoxy groups -OCH3 is 1. The minimum Gasteiger partial charge on any atom is -0.386 e. The first kappa shape index (κ1) is 35.8. The van der Waals surface area contributed by atoms with Crippen molar-refractivity contribution in [2.75, 3.05) is 61.5 Å². The summed E-state index contributed by atoms with van der Waals surface area (Å²) < 4.78 is 25.2. The number of aliphatic hydroxyl groups is 2. The lowest BCUT2D eigenvalue weighted by molar-refractivity contribution is -0.296. The Balaban J connectivity index is 1.99. The van der Waals surface area contributed by atoms with Gasteiger partial charge in [-0.2, -0.15) is 0 Å². The first-order valence-electron chi connectivity index (χ1n) is 15.9. The lowest BCUT2D eigenvalue weighted by Gasteiger charge is -2.47. The maximum absolute atomic E-state index is 14.2. The van der Waals surface area contributed by atoms with E-state index in [1.807, 2.05) is 39.8 Å². The summed E-state index contributed by atoms with van der Waals surface area (Å²) in [6.07, 6.45) is -0.444. The van der Waals surface area contributed by atoms with Crippen molar-refractivity contribution in [2.24, 2.45) is 23.2 Å². The van der Waals surface area contributed by atoms with Gasteiger partial charge in [-0.1, -0.05) is 13.8 Å². The molecule has 3 heterocycles. The van der Waals surface area contributed by atoms with Gasteiger partial charge in [0.2, 0.25) is 0 Å². The monoisotopic (exact) mass is 599 g/mol. The first-order valence-corrected chi connectivity index (χ1v) is 15.9. The maximum atomic E-state index is 14.2. The third kappa shape index (κ3) is 8.12. The molecule has 0 aromatic rings. The van der Waals surface area contributed by atoms with Crippen LogP contribution >= 0.6 is 0 Å². The lowest BCUT2D eigenvalue weighted by Crippen LogP contribution is -2.59. The molecule has 10 nitrogen and oxygen atoms in total. The Labute approximate surface area is 255 Å². The number of hydrogen-bond acceptors (Lipinski definition) is 10. The van der Waals surface area contributed by atoms with Crippen molar-refractivity contribution in [3.63, 3.8) is 0 Å². The number of aliphatic hydroxyl groups excluding tert-OH is 2. The number of carbonyl (C=O) groups is 1. The maximum Gasteiger partial charge on any atom is 0.185 e. The highest BCUT2D eigenvalue weighted by Crippen LogP contribution is 2.39. The molecule has 11 atom stereocenters. The number of piperidine rings is 1. The van der Waals surface area contributed by atoms with Crippen LogP contribution in [0.4, 0.5) is 0 Å². The van der Waals surface area contributed by atoms with Gasteiger partial charge in [0.1, 0.15) is 11.9 Å². The van der Waals surface area contributed by atoms with E-state index in [0.29, 0.717) is 25.4 Å².